The normalized spacial score (nSPS) is 13.2. The Morgan fingerprint density at radius 3 is 2.47 bits per heavy atom. The van der Waals surface area contributed by atoms with Gasteiger partial charge >= 0.3 is 5.97 Å². The van der Waals surface area contributed by atoms with Crippen molar-refractivity contribution in [3.63, 3.8) is 0 Å². The van der Waals surface area contributed by atoms with Crippen molar-refractivity contribution in [3.8, 4) is 0 Å². The predicted molar refractivity (Wildman–Crippen MR) is 148 cm³/mol. The zero-order valence-electron chi connectivity index (χ0n) is 23.2. The number of hydrogen-bond acceptors (Lipinski definition) is 6. The molecule has 0 spiro atoms. The molecular weight excluding hydrogens is 525 g/mol. The van der Waals surface area contributed by atoms with Gasteiger partial charge in [0.05, 0.1) is 34.4 Å². The summed E-state index contributed by atoms with van der Waals surface area (Å²) in [5.74, 6) is -1.23. The van der Waals surface area contributed by atoms with E-state index in [2.05, 4.69) is 31.0 Å². The third-order valence-electron chi connectivity index (χ3n) is 5.99. The Labute approximate surface area is 230 Å². The lowest BCUT2D eigenvalue weighted by Gasteiger charge is -2.40. The van der Waals surface area contributed by atoms with E-state index in [9.17, 15) is 14.0 Å². The molecule has 1 atom stereocenters. The van der Waals surface area contributed by atoms with Crippen molar-refractivity contribution < 1.29 is 18.3 Å². The van der Waals surface area contributed by atoms with Crippen LogP contribution in [0.15, 0.2) is 35.3 Å². The zero-order chi connectivity index (χ0) is 28.4. The highest BCUT2D eigenvalue weighted by Crippen LogP contribution is 2.36. The van der Waals surface area contributed by atoms with Gasteiger partial charge in [-0.3, -0.25) is 4.79 Å². The summed E-state index contributed by atoms with van der Waals surface area (Å²) >= 11 is 5.94. The molecule has 2 radical (unpaired) electrons. The number of pyridine rings is 1. The van der Waals surface area contributed by atoms with Gasteiger partial charge in [0.15, 0.2) is 5.65 Å². The first-order chi connectivity index (χ1) is 17.7. The van der Waals surface area contributed by atoms with Crippen molar-refractivity contribution >= 4 is 38.4 Å². The van der Waals surface area contributed by atoms with Crippen molar-refractivity contribution in [2.45, 2.75) is 78.5 Å². The fourth-order valence-corrected chi connectivity index (χ4v) is 5.41. The molecule has 0 saturated carbocycles. The summed E-state index contributed by atoms with van der Waals surface area (Å²) in [5, 5.41) is 8.90. The number of benzene rings is 1. The number of fused-ring (bicyclic) bond motifs is 1. The lowest BCUT2D eigenvalue weighted by molar-refractivity contribution is 0.0284. The minimum absolute atomic E-state index is 0.00109. The fourth-order valence-electron chi connectivity index (χ4n) is 4.52. The van der Waals surface area contributed by atoms with Crippen LogP contribution in [0, 0.1) is 11.7 Å². The third kappa shape index (κ3) is 6.68. The van der Waals surface area contributed by atoms with E-state index < -0.39 is 22.8 Å². The number of carbonyl (C=O) groups is 1. The van der Waals surface area contributed by atoms with E-state index in [4.69, 9.17) is 20.8 Å². The van der Waals surface area contributed by atoms with E-state index in [0.29, 0.717) is 16.9 Å². The largest absolute Gasteiger partial charge is 0.462 e. The molecule has 0 unspecified atom stereocenters. The van der Waals surface area contributed by atoms with Crippen molar-refractivity contribution in [2.75, 3.05) is 6.61 Å². The molecule has 3 rings (SSSR count). The summed E-state index contributed by atoms with van der Waals surface area (Å²) in [6.45, 7) is 16.2. The van der Waals surface area contributed by atoms with Crippen LogP contribution in [-0.2, 0) is 15.6 Å². The molecule has 0 aliphatic heterocycles. The first-order valence-corrected chi connectivity index (χ1v) is 13.9. The van der Waals surface area contributed by atoms with Crippen molar-refractivity contribution in [3.05, 3.63) is 68.3 Å². The standard InChI is InChI=1S/C28H35ClFN3O4Si/c1-9-36-26(35)20-15-33(24(16(2)3)28(7,8)37-38-27(4,5)6)25-19(23(20)34)14-18(31-32-25)13-17-11-10-12-21(29)22(17)30/h10-12,14-16,24H,9,13H2,1-8H3/t24-/m0/s1. The summed E-state index contributed by atoms with van der Waals surface area (Å²) in [6.07, 6.45) is 1.58. The van der Waals surface area contributed by atoms with Crippen molar-refractivity contribution in [1.29, 1.82) is 0 Å². The van der Waals surface area contributed by atoms with E-state index >= 15 is 0 Å². The molecule has 0 fully saturated rings. The second-order valence-corrected chi connectivity index (χ2v) is 13.5. The van der Waals surface area contributed by atoms with Crippen molar-refractivity contribution in [1.82, 2.24) is 14.8 Å². The highest BCUT2D eigenvalue weighted by Gasteiger charge is 2.37. The second-order valence-electron chi connectivity index (χ2n) is 11.2. The molecular formula is C28H35ClFN3O4Si. The molecule has 3 aromatic rings. The van der Waals surface area contributed by atoms with Crippen LogP contribution in [0.4, 0.5) is 4.39 Å². The van der Waals surface area contributed by atoms with E-state index in [1.54, 1.807) is 29.7 Å². The molecule has 0 bridgehead atoms. The summed E-state index contributed by atoms with van der Waals surface area (Å²) < 4.78 is 28.0. The summed E-state index contributed by atoms with van der Waals surface area (Å²) in [7, 11) is 0.221. The lowest BCUT2D eigenvalue weighted by Crippen LogP contribution is -2.42. The number of esters is 1. The molecule has 1 aromatic carbocycles. The molecule has 0 N–H and O–H groups in total. The Bertz CT molecular complexity index is 1380. The van der Waals surface area contributed by atoms with Gasteiger partial charge in [-0.25, -0.2) is 9.18 Å². The molecule has 2 aromatic heterocycles. The molecule has 0 aliphatic carbocycles. The van der Waals surface area contributed by atoms with Crippen molar-refractivity contribution in [2.24, 2.45) is 5.92 Å². The maximum atomic E-state index is 14.6. The highest BCUT2D eigenvalue weighted by atomic mass is 35.5. The van der Waals surface area contributed by atoms with Crippen LogP contribution in [0.5, 0.6) is 0 Å². The molecule has 0 aliphatic rings. The molecule has 0 amide bonds. The SMILES string of the molecule is CCOC(=O)c1cn([C@@H](C(C)C)C(C)(C)O[Si]C(C)(C)C)c2nnc(Cc3cccc(Cl)c3F)cc2c1=O. The number of rotatable bonds is 9. The highest BCUT2D eigenvalue weighted by molar-refractivity contribution is 6.32. The van der Waals surface area contributed by atoms with E-state index in [0.717, 1.165) is 0 Å². The average molecular weight is 560 g/mol. The monoisotopic (exact) mass is 559 g/mol. The maximum Gasteiger partial charge on any atom is 0.343 e. The molecule has 10 heteroatoms. The Morgan fingerprint density at radius 1 is 1.18 bits per heavy atom. The Morgan fingerprint density at radius 2 is 1.87 bits per heavy atom. The number of nitrogens with zero attached hydrogens (tertiary/aromatic N) is 3. The number of halogens is 2. The van der Waals surface area contributed by atoms with Gasteiger partial charge in [-0.2, -0.15) is 5.10 Å². The van der Waals surface area contributed by atoms with Gasteiger partial charge in [0.25, 0.3) is 0 Å². The van der Waals surface area contributed by atoms with Crippen LogP contribution in [0.2, 0.25) is 10.1 Å². The van der Waals surface area contributed by atoms with Gasteiger partial charge in [-0.1, -0.05) is 58.4 Å². The van der Waals surface area contributed by atoms with E-state index in [1.165, 1.54) is 12.3 Å². The number of aromatic nitrogens is 3. The van der Waals surface area contributed by atoms with Crippen LogP contribution >= 0.6 is 11.6 Å². The van der Waals surface area contributed by atoms with Gasteiger partial charge in [0, 0.05) is 12.6 Å². The lowest BCUT2D eigenvalue weighted by atomic mass is 9.88. The van der Waals surface area contributed by atoms with E-state index in [-0.39, 0.29) is 55.8 Å². The van der Waals surface area contributed by atoms with Crippen LogP contribution < -0.4 is 5.43 Å². The van der Waals surface area contributed by atoms with Gasteiger partial charge in [-0.05, 0) is 49.4 Å². The molecule has 7 nitrogen and oxygen atoms in total. The smallest absolute Gasteiger partial charge is 0.343 e. The molecule has 2 heterocycles. The van der Waals surface area contributed by atoms with Crippen LogP contribution in [-0.4, -0.2) is 42.7 Å². The van der Waals surface area contributed by atoms with Crippen LogP contribution in [0.3, 0.4) is 0 Å². The molecule has 0 saturated heterocycles. The summed E-state index contributed by atoms with van der Waals surface area (Å²) in [4.78, 5) is 26.4. The number of ether oxygens (including phenoxy) is 1. The van der Waals surface area contributed by atoms with Crippen LogP contribution in [0.1, 0.15) is 83.0 Å². The predicted octanol–water partition coefficient (Wildman–Crippen LogP) is 6.18. The summed E-state index contributed by atoms with van der Waals surface area (Å²) in [6, 6.07) is 5.97. The molecule has 38 heavy (non-hydrogen) atoms. The molecule has 204 valence electrons. The first kappa shape index (κ1) is 29.9. The van der Waals surface area contributed by atoms with Gasteiger partial charge < -0.3 is 13.7 Å². The van der Waals surface area contributed by atoms with Crippen LogP contribution in [0.25, 0.3) is 11.0 Å². The fraction of sp³-hybridized carbons (Fsp3) is 0.500. The Hall–Kier alpha value is -2.62. The zero-order valence-corrected chi connectivity index (χ0v) is 24.9. The minimum atomic E-state index is -0.717. The third-order valence-corrected chi connectivity index (χ3v) is 7.52. The minimum Gasteiger partial charge on any atom is -0.462 e. The Kier molecular flexibility index (Phi) is 9.16. The number of carbonyl (C=O) groups excluding carboxylic acids is 1. The topological polar surface area (TPSA) is 83.3 Å². The van der Waals surface area contributed by atoms with Gasteiger partial charge in [0.2, 0.25) is 15.2 Å². The van der Waals surface area contributed by atoms with Gasteiger partial charge in [0.1, 0.15) is 11.4 Å². The van der Waals surface area contributed by atoms with Gasteiger partial charge in [-0.15, -0.1) is 5.10 Å². The average Bonchev–Trinajstić information content (AvgIpc) is 2.82. The maximum absolute atomic E-state index is 14.6. The quantitative estimate of drug-likeness (QED) is 0.230. The Balaban J connectivity index is 2.23. The number of hydrogen-bond donors (Lipinski definition) is 0. The van der Waals surface area contributed by atoms with E-state index in [1.807, 2.05) is 27.7 Å². The first-order valence-electron chi connectivity index (χ1n) is 12.6. The summed E-state index contributed by atoms with van der Waals surface area (Å²) in [5.41, 5.74) is -0.298. The second kappa shape index (κ2) is 11.6.